The normalized spacial score (nSPS) is 15.0. The Labute approximate surface area is 147 Å². The number of hydrogen-bond donors (Lipinski definition) is 2. The van der Waals surface area contributed by atoms with Gasteiger partial charge in [0.1, 0.15) is 6.54 Å². The molecule has 3 N–H and O–H groups in total. The molecule has 7 nitrogen and oxygen atoms in total. The summed E-state index contributed by atoms with van der Waals surface area (Å²) < 4.78 is 38.6. The van der Waals surface area contributed by atoms with E-state index in [4.69, 9.17) is 5.73 Å². The van der Waals surface area contributed by atoms with E-state index in [-0.39, 0.29) is 49.6 Å². The Morgan fingerprint density at radius 1 is 1.27 bits per heavy atom. The summed E-state index contributed by atoms with van der Waals surface area (Å²) in [6, 6.07) is 2.70. The fourth-order valence-corrected chi connectivity index (χ4v) is 2.56. The van der Waals surface area contributed by atoms with E-state index in [0.29, 0.717) is 0 Å². The molecule has 0 aliphatic carbocycles. The summed E-state index contributed by atoms with van der Waals surface area (Å²) in [4.78, 5) is 37.6. The molecule has 4 amide bonds. The lowest BCUT2D eigenvalue weighted by Gasteiger charge is -2.14. The Morgan fingerprint density at radius 2 is 1.96 bits per heavy atom. The Balaban J connectivity index is 1.93. The number of alkyl halides is 3. The number of nitrogens with zero attached hydrogens (tertiary/aromatic N) is 2. The molecule has 0 atom stereocenters. The summed E-state index contributed by atoms with van der Waals surface area (Å²) in [6.07, 6.45) is -4.39. The number of carbonyl (C=O) groups excluding carboxylic acids is 3. The van der Waals surface area contributed by atoms with E-state index in [0.717, 1.165) is 17.0 Å². The molecule has 0 bridgehead atoms. The Hall–Kier alpha value is -2.62. The summed E-state index contributed by atoms with van der Waals surface area (Å²) in [6.45, 7) is -0.0251. The van der Waals surface area contributed by atoms with Gasteiger partial charge in [-0.15, -0.1) is 0 Å². The minimum atomic E-state index is -4.55. The molecule has 26 heavy (non-hydrogen) atoms. The molecule has 142 valence electrons. The topological polar surface area (TPSA) is 95.7 Å². The van der Waals surface area contributed by atoms with Crippen LogP contribution in [0.2, 0.25) is 0 Å². The van der Waals surface area contributed by atoms with E-state index in [1.54, 1.807) is 0 Å². The minimum absolute atomic E-state index is 0.00154. The molecule has 1 heterocycles. The number of nitrogens with one attached hydrogen (secondary N) is 1. The maximum atomic E-state index is 12.9. The SMILES string of the molecule is CN1CC(=O)N(CCCC(=O)Nc2cc(CN)cc(C(F)(F)F)c2)C1=O. The van der Waals surface area contributed by atoms with Crippen molar-refractivity contribution >= 4 is 23.5 Å². The van der Waals surface area contributed by atoms with Crippen molar-refractivity contribution in [3.05, 3.63) is 29.3 Å². The second kappa shape index (κ2) is 7.73. The average molecular weight is 372 g/mol. The third-order valence-electron chi connectivity index (χ3n) is 3.86. The molecule has 0 saturated carbocycles. The molecule has 0 radical (unpaired) electrons. The van der Waals surface area contributed by atoms with Crippen LogP contribution in [-0.2, 0) is 22.3 Å². The number of hydrogen-bond acceptors (Lipinski definition) is 4. The minimum Gasteiger partial charge on any atom is -0.326 e. The van der Waals surface area contributed by atoms with Gasteiger partial charge in [0.2, 0.25) is 11.8 Å². The van der Waals surface area contributed by atoms with Gasteiger partial charge in [-0.05, 0) is 30.2 Å². The molecule has 1 aliphatic heterocycles. The number of urea groups is 1. The third-order valence-corrected chi connectivity index (χ3v) is 3.86. The predicted octanol–water partition coefficient (Wildman–Crippen LogP) is 1.78. The summed E-state index contributed by atoms with van der Waals surface area (Å²) in [7, 11) is 1.50. The van der Waals surface area contributed by atoms with Crippen LogP contribution in [0.25, 0.3) is 0 Å². The number of rotatable bonds is 6. The predicted molar refractivity (Wildman–Crippen MR) is 86.9 cm³/mol. The molecule has 1 aromatic carbocycles. The monoisotopic (exact) mass is 372 g/mol. The van der Waals surface area contributed by atoms with Gasteiger partial charge in [-0.1, -0.05) is 0 Å². The number of nitrogens with two attached hydrogens (primary N) is 1. The van der Waals surface area contributed by atoms with Crippen molar-refractivity contribution in [2.75, 3.05) is 25.5 Å². The van der Waals surface area contributed by atoms with Gasteiger partial charge in [-0.2, -0.15) is 13.2 Å². The van der Waals surface area contributed by atoms with E-state index < -0.39 is 23.7 Å². The second-order valence-corrected chi connectivity index (χ2v) is 5.96. The van der Waals surface area contributed by atoms with Crippen molar-refractivity contribution in [1.82, 2.24) is 9.80 Å². The first kappa shape index (κ1) is 19.7. The summed E-state index contributed by atoms with van der Waals surface area (Å²) in [5.41, 5.74) is 4.74. The standard InChI is InChI=1S/C16H19F3N4O3/c1-22-9-14(25)23(15(22)26)4-2-3-13(24)21-12-6-10(8-20)5-11(7-12)16(17,18)19/h5-7H,2-4,8-9,20H2,1H3,(H,21,24). The van der Waals surface area contributed by atoms with Crippen molar-refractivity contribution in [2.45, 2.75) is 25.6 Å². The summed E-state index contributed by atoms with van der Waals surface area (Å²) >= 11 is 0. The number of imide groups is 1. The van der Waals surface area contributed by atoms with Gasteiger partial charge in [0, 0.05) is 32.2 Å². The highest BCUT2D eigenvalue weighted by Crippen LogP contribution is 2.32. The maximum Gasteiger partial charge on any atom is 0.416 e. The van der Waals surface area contributed by atoms with Crippen molar-refractivity contribution < 1.29 is 27.6 Å². The van der Waals surface area contributed by atoms with Crippen LogP contribution in [0, 0.1) is 0 Å². The zero-order chi connectivity index (χ0) is 19.5. The van der Waals surface area contributed by atoms with Crippen LogP contribution in [0.1, 0.15) is 24.0 Å². The third kappa shape index (κ3) is 4.72. The number of halogens is 3. The van der Waals surface area contributed by atoms with Crippen LogP contribution in [-0.4, -0.2) is 47.8 Å². The van der Waals surface area contributed by atoms with Crippen LogP contribution in [0.5, 0.6) is 0 Å². The Morgan fingerprint density at radius 3 is 2.50 bits per heavy atom. The number of benzene rings is 1. The quantitative estimate of drug-likeness (QED) is 0.744. The van der Waals surface area contributed by atoms with Crippen LogP contribution < -0.4 is 11.1 Å². The molecule has 0 spiro atoms. The van der Waals surface area contributed by atoms with Gasteiger partial charge in [-0.3, -0.25) is 14.5 Å². The average Bonchev–Trinajstić information content (AvgIpc) is 2.79. The van der Waals surface area contributed by atoms with Gasteiger partial charge < -0.3 is 16.0 Å². The van der Waals surface area contributed by atoms with Crippen molar-refractivity contribution in [3.63, 3.8) is 0 Å². The maximum absolute atomic E-state index is 12.9. The van der Waals surface area contributed by atoms with Crippen LogP contribution in [0.3, 0.4) is 0 Å². The first-order valence-corrected chi connectivity index (χ1v) is 7.88. The lowest BCUT2D eigenvalue weighted by molar-refractivity contribution is -0.137. The van der Waals surface area contributed by atoms with E-state index in [1.807, 2.05) is 0 Å². The molecule has 1 saturated heterocycles. The first-order valence-electron chi connectivity index (χ1n) is 7.88. The van der Waals surface area contributed by atoms with Crippen molar-refractivity contribution in [1.29, 1.82) is 0 Å². The number of amides is 4. The van der Waals surface area contributed by atoms with Gasteiger partial charge in [0.15, 0.2) is 0 Å². The fraction of sp³-hybridized carbons (Fsp3) is 0.438. The number of carbonyl (C=O) groups is 3. The molecular weight excluding hydrogens is 353 g/mol. The molecule has 10 heteroatoms. The highest BCUT2D eigenvalue weighted by Gasteiger charge is 2.33. The lowest BCUT2D eigenvalue weighted by Crippen LogP contribution is -2.32. The molecule has 1 fully saturated rings. The summed E-state index contributed by atoms with van der Waals surface area (Å²) in [5, 5.41) is 2.39. The zero-order valence-corrected chi connectivity index (χ0v) is 14.1. The van der Waals surface area contributed by atoms with Crippen LogP contribution >= 0.6 is 0 Å². The molecule has 2 rings (SSSR count). The highest BCUT2D eigenvalue weighted by molar-refractivity contribution is 6.01. The van der Waals surface area contributed by atoms with E-state index >= 15 is 0 Å². The summed E-state index contributed by atoms with van der Waals surface area (Å²) in [5.74, 6) is -0.858. The zero-order valence-electron chi connectivity index (χ0n) is 14.1. The van der Waals surface area contributed by atoms with Crippen LogP contribution in [0.15, 0.2) is 18.2 Å². The van der Waals surface area contributed by atoms with E-state index in [2.05, 4.69) is 5.32 Å². The highest BCUT2D eigenvalue weighted by atomic mass is 19.4. The smallest absolute Gasteiger partial charge is 0.326 e. The fourth-order valence-electron chi connectivity index (χ4n) is 2.56. The Bertz CT molecular complexity index is 721. The van der Waals surface area contributed by atoms with Gasteiger partial charge >= 0.3 is 12.2 Å². The number of likely N-dealkylation sites (N-methyl/N-ethyl adjacent to an activating group) is 1. The van der Waals surface area contributed by atoms with E-state index in [9.17, 15) is 27.6 Å². The van der Waals surface area contributed by atoms with Crippen molar-refractivity contribution in [3.8, 4) is 0 Å². The number of anilines is 1. The van der Waals surface area contributed by atoms with Gasteiger partial charge in [-0.25, -0.2) is 4.79 Å². The van der Waals surface area contributed by atoms with Gasteiger partial charge in [0.25, 0.3) is 0 Å². The lowest BCUT2D eigenvalue weighted by atomic mass is 10.1. The molecule has 1 aromatic rings. The molecular formula is C16H19F3N4O3. The Kier molecular flexibility index (Phi) is 5.86. The molecule has 0 unspecified atom stereocenters. The van der Waals surface area contributed by atoms with Gasteiger partial charge in [0.05, 0.1) is 5.56 Å². The van der Waals surface area contributed by atoms with E-state index in [1.165, 1.54) is 18.0 Å². The second-order valence-electron chi connectivity index (χ2n) is 5.96. The molecule has 0 aromatic heterocycles. The first-order chi connectivity index (χ1) is 12.1. The van der Waals surface area contributed by atoms with Crippen LogP contribution in [0.4, 0.5) is 23.7 Å². The largest absolute Gasteiger partial charge is 0.416 e. The molecule has 1 aliphatic rings. The van der Waals surface area contributed by atoms with Crippen molar-refractivity contribution in [2.24, 2.45) is 5.73 Å².